The lowest BCUT2D eigenvalue weighted by atomic mass is 10.1. The largest absolute Gasteiger partial charge is 0.493 e. The summed E-state index contributed by atoms with van der Waals surface area (Å²) in [5, 5.41) is 0. The van der Waals surface area contributed by atoms with Gasteiger partial charge in [-0.1, -0.05) is 18.2 Å². The molecule has 0 aliphatic carbocycles. The van der Waals surface area contributed by atoms with E-state index in [0.717, 1.165) is 23.3 Å². The van der Waals surface area contributed by atoms with Gasteiger partial charge in [-0.25, -0.2) is 4.39 Å². The summed E-state index contributed by atoms with van der Waals surface area (Å²) < 4.78 is 19.7. The number of hydrogen-bond donors (Lipinski definition) is 1. The number of hydrogen-bond acceptors (Lipinski definition) is 4. The molecule has 0 atom stereocenters. The van der Waals surface area contributed by atoms with E-state index in [4.69, 9.17) is 4.74 Å². The van der Waals surface area contributed by atoms with Crippen molar-refractivity contribution in [3.8, 4) is 5.75 Å². The summed E-state index contributed by atoms with van der Waals surface area (Å²) in [6.45, 7) is 0.685. The van der Waals surface area contributed by atoms with Gasteiger partial charge >= 0.3 is 0 Å². The summed E-state index contributed by atoms with van der Waals surface area (Å²) in [7, 11) is 0. The molecule has 0 bridgehead atoms. The van der Waals surface area contributed by atoms with Crippen LogP contribution in [0.2, 0.25) is 0 Å². The quantitative estimate of drug-likeness (QED) is 0.751. The monoisotopic (exact) mass is 381 g/mol. The number of aromatic nitrogens is 1. The summed E-state index contributed by atoms with van der Waals surface area (Å²) >= 11 is 1.22. The number of nitrogens with one attached hydrogen (secondary N) is 1. The average Bonchev–Trinajstić information content (AvgIpc) is 3.21. The molecule has 2 aromatic carbocycles. The van der Waals surface area contributed by atoms with Crippen molar-refractivity contribution in [1.82, 2.24) is 4.98 Å². The lowest BCUT2D eigenvalue weighted by Crippen LogP contribution is -2.20. The highest BCUT2D eigenvalue weighted by atomic mass is 32.1. The molecule has 0 fully saturated rings. The lowest BCUT2D eigenvalue weighted by molar-refractivity contribution is -0.112. The normalized spacial score (nSPS) is 14.3. The molecule has 0 spiro atoms. The van der Waals surface area contributed by atoms with Crippen molar-refractivity contribution < 1.29 is 13.9 Å². The van der Waals surface area contributed by atoms with Crippen LogP contribution >= 0.6 is 11.3 Å². The number of halogens is 1. The van der Waals surface area contributed by atoms with Gasteiger partial charge in [0.1, 0.15) is 11.6 Å². The van der Waals surface area contributed by atoms with Gasteiger partial charge in [0.15, 0.2) is 5.78 Å². The van der Waals surface area contributed by atoms with Crippen molar-refractivity contribution >= 4 is 29.3 Å². The fraction of sp³-hybridized carbons (Fsp3) is 0.143. The van der Waals surface area contributed by atoms with Crippen molar-refractivity contribution in [3.63, 3.8) is 0 Å². The second-order valence-electron chi connectivity index (χ2n) is 6.31. The highest BCUT2D eigenvalue weighted by Gasteiger charge is 2.11. The Balaban J connectivity index is 1.60. The zero-order valence-electron chi connectivity index (χ0n) is 14.3. The summed E-state index contributed by atoms with van der Waals surface area (Å²) in [5.74, 6) is 0.324. The average molecular weight is 381 g/mol. The van der Waals surface area contributed by atoms with Crippen molar-refractivity contribution in [2.45, 2.75) is 12.8 Å². The molecular formula is C21H16FNO3S. The second-order valence-corrected chi connectivity index (χ2v) is 7.40. The molecule has 1 aromatic heterocycles. The summed E-state index contributed by atoms with van der Waals surface area (Å²) in [5.41, 5.74) is 2.42. The van der Waals surface area contributed by atoms with Crippen LogP contribution in [0, 0.1) is 5.82 Å². The van der Waals surface area contributed by atoms with Crippen LogP contribution in [0.5, 0.6) is 5.75 Å². The van der Waals surface area contributed by atoms with E-state index in [9.17, 15) is 14.0 Å². The van der Waals surface area contributed by atoms with E-state index in [0.29, 0.717) is 21.4 Å². The van der Waals surface area contributed by atoms with Gasteiger partial charge in [-0.2, -0.15) is 0 Å². The number of rotatable bonds is 4. The minimum atomic E-state index is -0.374. The first-order chi connectivity index (χ1) is 13.1. The van der Waals surface area contributed by atoms with E-state index in [1.165, 1.54) is 29.5 Å². The van der Waals surface area contributed by atoms with Crippen LogP contribution in [0.25, 0.3) is 12.2 Å². The minimum absolute atomic E-state index is 0.0849. The number of fused-ring (bicyclic) bond motifs is 1. The number of H-pyrrole nitrogens is 1. The molecule has 2 heterocycles. The Labute approximate surface area is 158 Å². The fourth-order valence-electron chi connectivity index (χ4n) is 3.02. The first-order valence-electron chi connectivity index (χ1n) is 8.52. The molecule has 0 saturated heterocycles. The van der Waals surface area contributed by atoms with Crippen LogP contribution in [0.4, 0.5) is 4.39 Å². The van der Waals surface area contributed by atoms with Gasteiger partial charge in [-0.05, 0) is 47.0 Å². The Morgan fingerprint density at radius 2 is 2.15 bits per heavy atom. The molecule has 27 heavy (non-hydrogen) atoms. The molecule has 1 aliphatic rings. The molecule has 6 heteroatoms. The number of thiazole rings is 1. The van der Waals surface area contributed by atoms with Gasteiger partial charge in [0.05, 0.1) is 15.8 Å². The van der Waals surface area contributed by atoms with E-state index in [2.05, 4.69) is 4.98 Å². The highest BCUT2D eigenvalue weighted by molar-refractivity contribution is 7.07. The van der Waals surface area contributed by atoms with Crippen LogP contribution in [-0.2, 0) is 17.6 Å². The van der Waals surface area contributed by atoms with E-state index in [1.54, 1.807) is 18.2 Å². The number of aromatic amines is 1. The Morgan fingerprint density at radius 3 is 3.00 bits per heavy atom. The molecule has 0 radical (unpaired) electrons. The Hall–Kier alpha value is -2.99. The number of Topliss-reactive ketones (excluding diaryl/α,β-unsaturated/α-hetero) is 1. The van der Waals surface area contributed by atoms with E-state index >= 15 is 0 Å². The molecule has 1 N–H and O–H groups in total. The molecule has 0 unspecified atom stereocenters. The maximum Gasteiger partial charge on any atom is 0.266 e. The van der Waals surface area contributed by atoms with Gasteiger partial charge in [0.25, 0.3) is 5.56 Å². The third-order valence-corrected chi connectivity index (χ3v) is 5.21. The molecule has 4 rings (SSSR count). The van der Waals surface area contributed by atoms with E-state index < -0.39 is 0 Å². The van der Waals surface area contributed by atoms with Gasteiger partial charge in [0.2, 0.25) is 0 Å². The Morgan fingerprint density at radius 1 is 1.26 bits per heavy atom. The zero-order valence-corrected chi connectivity index (χ0v) is 15.1. The number of carbonyl (C=O) groups excluding carboxylic acids is 1. The lowest BCUT2D eigenvalue weighted by Gasteiger charge is -1.98. The van der Waals surface area contributed by atoms with Crippen molar-refractivity contribution in [2.75, 3.05) is 6.61 Å². The van der Waals surface area contributed by atoms with Crippen LogP contribution in [0.1, 0.15) is 16.7 Å². The third kappa shape index (κ3) is 4.06. The Bertz CT molecular complexity index is 1190. The standard InChI is InChI=1S/C21H16FNO3S/c22-16-3-1-2-13(9-16)10-17(24)12-20-23-21(25)19(27-20)11-14-4-5-18-15(8-14)6-7-26-18/h1-5,8-9,11-12H,6-7,10H2,(H,23,25)/b19-11-,20-12+. The second kappa shape index (κ2) is 7.32. The maximum atomic E-state index is 13.2. The number of ether oxygens (including phenoxy) is 1. The predicted octanol–water partition coefficient (Wildman–Crippen LogP) is 1.93. The minimum Gasteiger partial charge on any atom is -0.493 e. The fourth-order valence-corrected chi connectivity index (χ4v) is 3.93. The third-order valence-electron chi connectivity index (χ3n) is 4.25. The number of benzene rings is 2. The molecule has 4 nitrogen and oxygen atoms in total. The predicted molar refractivity (Wildman–Crippen MR) is 103 cm³/mol. The topological polar surface area (TPSA) is 59.2 Å². The summed E-state index contributed by atoms with van der Waals surface area (Å²) in [6.07, 6.45) is 4.15. The van der Waals surface area contributed by atoms with Gasteiger partial charge in [0, 0.05) is 18.9 Å². The Kier molecular flexibility index (Phi) is 4.73. The summed E-state index contributed by atoms with van der Waals surface area (Å²) in [4.78, 5) is 27.1. The van der Waals surface area contributed by atoms with Crippen LogP contribution in [0.15, 0.2) is 47.3 Å². The van der Waals surface area contributed by atoms with Crippen molar-refractivity contribution in [2.24, 2.45) is 0 Å². The molecule has 3 aromatic rings. The van der Waals surface area contributed by atoms with Crippen LogP contribution < -0.4 is 19.5 Å². The number of ketones is 1. The van der Waals surface area contributed by atoms with Crippen LogP contribution in [0.3, 0.4) is 0 Å². The van der Waals surface area contributed by atoms with Crippen molar-refractivity contribution in [1.29, 1.82) is 0 Å². The first-order valence-corrected chi connectivity index (χ1v) is 9.34. The van der Waals surface area contributed by atoms with E-state index in [-0.39, 0.29) is 23.6 Å². The smallest absolute Gasteiger partial charge is 0.266 e. The molecule has 1 aliphatic heterocycles. The molecule has 0 saturated carbocycles. The van der Waals surface area contributed by atoms with Gasteiger partial charge in [-0.15, -0.1) is 11.3 Å². The van der Waals surface area contributed by atoms with Gasteiger partial charge < -0.3 is 9.72 Å². The van der Waals surface area contributed by atoms with Gasteiger partial charge in [-0.3, -0.25) is 9.59 Å². The molecule has 0 amide bonds. The number of carbonyl (C=O) groups is 1. The zero-order chi connectivity index (χ0) is 18.8. The molecular weight excluding hydrogens is 365 g/mol. The summed E-state index contributed by atoms with van der Waals surface area (Å²) in [6, 6.07) is 11.8. The molecule has 136 valence electrons. The van der Waals surface area contributed by atoms with Crippen LogP contribution in [-0.4, -0.2) is 17.4 Å². The SMILES string of the molecule is O=C(/C=c1\[nH]c(=O)/c(=C/c2ccc3c(c2)CCO3)s1)Cc1cccc(F)c1. The maximum absolute atomic E-state index is 13.2. The van der Waals surface area contributed by atoms with E-state index in [1.807, 2.05) is 18.2 Å². The van der Waals surface area contributed by atoms with Crippen molar-refractivity contribution in [3.05, 3.63) is 84.5 Å². The first kappa shape index (κ1) is 17.4. The highest BCUT2D eigenvalue weighted by Crippen LogP contribution is 2.25.